The first-order valence-corrected chi connectivity index (χ1v) is 13.3. The average molecular weight is 541 g/mol. The van der Waals surface area contributed by atoms with Gasteiger partial charge in [-0.1, -0.05) is 55.1 Å². The van der Waals surface area contributed by atoms with Gasteiger partial charge in [-0.05, 0) is 35.6 Å². The Morgan fingerprint density at radius 2 is 1.82 bits per heavy atom. The number of amides is 2. The molecule has 0 radical (unpaired) electrons. The van der Waals surface area contributed by atoms with Crippen LogP contribution < -0.4 is 11.1 Å². The lowest BCUT2D eigenvalue weighted by Crippen LogP contribution is -2.37. The van der Waals surface area contributed by atoms with Crippen LogP contribution in [-0.2, 0) is 17.9 Å². The van der Waals surface area contributed by atoms with Crippen LogP contribution in [0.15, 0.2) is 78.2 Å². The number of rotatable bonds is 9. The molecular formula is C29H28N6O3S. The molecule has 10 heteroatoms. The number of nitrogen functional groups attached to an aromatic ring is 1. The summed E-state index contributed by atoms with van der Waals surface area (Å²) >= 11 is 1.61. The third kappa shape index (κ3) is 5.46. The van der Waals surface area contributed by atoms with Gasteiger partial charge in [-0.25, -0.2) is 14.8 Å². The highest BCUT2D eigenvalue weighted by Gasteiger charge is 2.19. The van der Waals surface area contributed by atoms with Crippen LogP contribution in [0.2, 0.25) is 0 Å². The number of fused-ring (bicyclic) bond motifs is 3. The molecule has 0 fully saturated rings. The third-order valence-electron chi connectivity index (χ3n) is 6.41. The normalized spacial score (nSPS) is 11.1. The maximum Gasteiger partial charge on any atom is 0.407 e. The van der Waals surface area contributed by atoms with E-state index in [4.69, 9.17) is 10.7 Å². The Balaban J connectivity index is 1.42. The molecule has 0 spiro atoms. The topological polar surface area (TPSA) is 126 Å². The van der Waals surface area contributed by atoms with E-state index in [0.29, 0.717) is 23.5 Å². The van der Waals surface area contributed by atoms with Crippen LogP contribution in [0.1, 0.15) is 18.1 Å². The number of carbonyl (C=O) groups is 2. The van der Waals surface area contributed by atoms with E-state index in [-0.39, 0.29) is 25.5 Å². The molecule has 0 unspecified atom stereocenters. The summed E-state index contributed by atoms with van der Waals surface area (Å²) in [4.78, 5) is 35.2. The second-order valence-electron chi connectivity index (χ2n) is 9.27. The number of pyridine rings is 1. The second-order valence-corrected chi connectivity index (χ2v) is 10.2. The van der Waals surface area contributed by atoms with E-state index in [1.807, 2.05) is 66.0 Å². The Labute approximate surface area is 229 Å². The highest BCUT2D eigenvalue weighted by Crippen LogP contribution is 2.34. The minimum atomic E-state index is -1.05. The van der Waals surface area contributed by atoms with E-state index < -0.39 is 6.09 Å². The Hall–Kier alpha value is -4.70. The summed E-state index contributed by atoms with van der Waals surface area (Å²) in [7, 11) is 0. The lowest BCUT2D eigenvalue weighted by atomic mass is 10.1. The maximum absolute atomic E-state index is 11.8. The molecule has 4 N–H and O–H groups in total. The van der Waals surface area contributed by atoms with Crippen molar-refractivity contribution in [2.24, 2.45) is 0 Å². The zero-order valence-electron chi connectivity index (χ0n) is 21.4. The first-order chi connectivity index (χ1) is 18.8. The van der Waals surface area contributed by atoms with Crippen molar-refractivity contribution < 1.29 is 14.7 Å². The summed E-state index contributed by atoms with van der Waals surface area (Å²) in [6.07, 6.45) is -1.05. The van der Waals surface area contributed by atoms with Crippen molar-refractivity contribution in [1.82, 2.24) is 24.8 Å². The molecule has 0 saturated carbocycles. The highest BCUT2D eigenvalue weighted by atomic mass is 32.1. The number of benzene rings is 2. The fourth-order valence-electron chi connectivity index (χ4n) is 4.46. The Kier molecular flexibility index (Phi) is 7.29. The smallest absolute Gasteiger partial charge is 0.407 e. The van der Waals surface area contributed by atoms with Crippen LogP contribution in [-0.4, -0.2) is 49.6 Å². The quantitative estimate of drug-likeness (QED) is 0.223. The summed E-state index contributed by atoms with van der Waals surface area (Å²) in [5.41, 5.74) is 11.0. The van der Waals surface area contributed by atoms with E-state index in [1.165, 1.54) is 4.90 Å². The van der Waals surface area contributed by atoms with Gasteiger partial charge in [-0.15, -0.1) is 11.3 Å². The van der Waals surface area contributed by atoms with E-state index in [2.05, 4.69) is 21.4 Å². The summed E-state index contributed by atoms with van der Waals surface area (Å²) in [6, 6.07) is 19.8. The molecule has 5 aromatic rings. The van der Waals surface area contributed by atoms with Crippen molar-refractivity contribution in [1.29, 1.82) is 0 Å². The molecule has 5 rings (SSSR count). The molecule has 198 valence electrons. The number of imidazole rings is 1. The van der Waals surface area contributed by atoms with Crippen LogP contribution in [0.4, 0.5) is 10.6 Å². The van der Waals surface area contributed by atoms with Gasteiger partial charge in [0.1, 0.15) is 5.52 Å². The lowest BCUT2D eigenvalue weighted by Gasteiger charge is -2.20. The van der Waals surface area contributed by atoms with E-state index in [9.17, 15) is 14.7 Å². The summed E-state index contributed by atoms with van der Waals surface area (Å²) in [5.74, 6) is 0.926. The number of carbonyl (C=O) groups excluding carboxylic acids is 1. The Morgan fingerprint density at radius 3 is 2.51 bits per heavy atom. The van der Waals surface area contributed by atoms with E-state index >= 15 is 0 Å². The van der Waals surface area contributed by atoms with Gasteiger partial charge in [0.15, 0.2) is 11.6 Å². The number of nitrogens with two attached hydrogens (primary N) is 1. The molecular weight excluding hydrogens is 512 g/mol. The number of carboxylic acid groups (broad SMARTS) is 1. The van der Waals surface area contributed by atoms with Gasteiger partial charge in [0.2, 0.25) is 5.91 Å². The average Bonchev–Trinajstić information content (AvgIpc) is 3.58. The lowest BCUT2D eigenvalue weighted by molar-refractivity contribution is -0.117. The van der Waals surface area contributed by atoms with Crippen LogP contribution in [0, 0.1) is 0 Å². The first kappa shape index (κ1) is 25.9. The van der Waals surface area contributed by atoms with Crippen molar-refractivity contribution in [2.75, 3.05) is 18.8 Å². The first-order valence-electron chi connectivity index (χ1n) is 12.4. The predicted octanol–water partition coefficient (Wildman–Crippen LogP) is 5.12. The van der Waals surface area contributed by atoms with Crippen molar-refractivity contribution in [3.8, 4) is 10.7 Å². The fraction of sp³-hybridized carbons (Fsp3) is 0.172. The molecule has 0 atom stereocenters. The number of aromatic nitrogens is 3. The highest BCUT2D eigenvalue weighted by molar-refractivity contribution is 7.13. The molecule has 2 aromatic carbocycles. The van der Waals surface area contributed by atoms with Crippen LogP contribution >= 0.6 is 11.3 Å². The van der Waals surface area contributed by atoms with Gasteiger partial charge in [-0.3, -0.25) is 4.79 Å². The monoisotopic (exact) mass is 540 g/mol. The number of anilines is 1. The minimum Gasteiger partial charge on any atom is -0.465 e. The Morgan fingerprint density at radius 1 is 1.08 bits per heavy atom. The maximum atomic E-state index is 11.8. The number of nitrogens with zero attached hydrogens (tertiary/aromatic N) is 4. The van der Waals surface area contributed by atoms with Gasteiger partial charge < -0.3 is 25.6 Å². The third-order valence-corrected chi connectivity index (χ3v) is 7.28. The molecule has 0 aliphatic carbocycles. The van der Waals surface area contributed by atoms with Crippen LogP contribution in [0.5, 0.6) is 0 Å². The van der Waals surface area contributed by atoms with Gasteiger partial charge >= 0.3 is 6.09 Å². The molecule has 2 amide bonds. The summed E-state index contributed by atoms with van der Waals surface area (Å²) < 4.78 is 2.17. The van der Waals surface area contributed by atoms with Gasteiger partial charge in [0.05, 0.1) is 15.9 Å². The molecule has 0 bridgehead atoms. The molecule has 0 saturated heterocycles. The van der Waals surface area contributed by atoms with E-state index in [0.717, 1.165) is 38.2 Å². The number of nitrogens with one attached hydrogen (secondary N) is 1. The van der Waals surface area contributed by atoms with Crippen LogP contribution in [0.25, 0.3) is 32.6 Å². The minimum absolute atomic E-state index is 0.170. The zero-order chi connectivity index (χ0) is 27.5. The van der Waals surface area contributed by atoms with Crippen LogP contribution in [0.3, 0.4) is 0 Å². The molecule has 3 heterocycles. The molecule has 3 aromatic heterocycles. The summed E-state index contributed by atoms with van der Waals surface area (Å²) in [5, 5.41) is 15.3. The fourth-order valence-corrected chi connectivity index (χ4v) is 5.18. The number of thiophene rings is 1. The SMILES string of the molecule is C=C(C)C(=O)NCCN(Cc1ccc(Cn2c(-c3cccs3)nc3c(N)nc4ccccc4c32)cc1)C(=O)O. The molecule has 0 aliphatic rings. The van der Waals surface area contributed by atoms with Crippen molar-refractivity contribution >= 4 is 51.1 Å². The van der Waals surface area contributed by atoms with Crippen molar-refractivity contribution in [3.05, 3.63) is 89.3 Å². The Bertz CT molecular complexity index is 1680. The largest absolute Gasteiger partial charge is 0.465 e. The number of hydrogen-bond donors (Lipinski definition) is 3. The van der Waals surface area contributed by atoms with Crippen molar-refractivity contribution in [3.63, 3.8) is 0 Å². The predicted molar refractivity (Wildman–Crippen MR) is 155 cm³/mol. The summed E-state index contributed by atoms with van der Waals surface area (Å²) in [6.45, 7) is 6.33. The zero-order valence-corrected chi connectivity index (χ0v) is 22.2. The standard InChI is InChI=1S/C29H28N6O3S/c1-18(2)28(36)31-13-14-34(29(37)38)16-19-9-11-20(12-10-19)17-35-25-21-6-3-4-7-22(21)32-26(30)24(25)33-27(35)23-8-5-15-39-23/h3-12,15H,1,13-14,16-17H2,2H3,(H2,30,32)(H,31,36)(H,37,38). The van der Waals surface area contributed by atoms with Gasteiger partial charge in [0, 0.05) is 37.1 Å². The van der Waals surface area contributed by atoms with Gasteiger partial charge in [0.25, 0.3) is 0 Å². The van der Waals surface area contributed by atoms with Gasteiger partial charge in [-0.2, -0.15) is 0 Å². The van der Waals surface area contributed by atoms with E-state index in [1.54, 1.807) is 18.3 Å². The number of para-hydroxylation sites is 1. The van der Waals surface area contributed by atoms with Crippen molar-refractivity contribution in [2.45, 2.75) is 20.0 Å². The molecule has 9 nitrogen and oxygen atoms in total. The molecule has 0 aliphatic heterocycles. The second kappa shape index (κ2) is 11.0. The molecule has 39 heavy (non-hydrogen) atoms. The number of hydrogen-bond acceptors (Lipinski definition) is 6.